The van der Waals surface area contributed by atoms with Gasteiger partial charge in [0.25, 0.3) is 0 Å². The van der Waals surface area contributed by atoms with Crippen molar-refractivity contribution in [2.24, 2.45) is 0 Å². The van der Waals surface area contributed by atoms with Crippen molar-refractivity contribution in [3.63, 3.8) is 0 Å². The number of phenols is 1. The van der Waals surface area contributed by atoms with Gasteiger partial charge in [-0.25, -0.2) is 0 Å². The van der Waals surface area contributed by atoms with Crippen LogP contribution in [0.5, 0.6) is 5.75 Å². The molecule has 1 aromatic rings. The predicted octanol–water partition coefficient (Wildman–Crippen LogP) is 4.73. The number of nitrogens with one attached hydrogen (secondary N) is 1. The van der Waals surface area contributed by atoms with Crippen molar-refractivity contribution < 1.29 is 18.3 Å². The van der Waals surface area contributed by atoms with E-state index in [0.717, 1.165) is 16.7 Å². The summed E-state index contributed by atoms with van der Waals surface area (Å²) in [5, 5.41) is 13.5. The molecule has 1 heterocycles. The van der Waals surface area contributed by atoms with Crippen molar-refractivity contribution in [2.75, 3.05) is 26.2 Å². The number of rotatable bonds is 4. The Labute approximate surface area is 179 Å². The fraction of sp³-hybridized carbons (Fsp3) is 0.571. The molecular weight excluding hydrogens is 594 g/mol. The lowest BCUT2D eigenvalue weighted by Crippen LogP contribution is -2.45. The van der Waals surface area contributed by atoms with Gasteiger partial charge in [-0.1, -0.05) is 0 Å². The summed E-state index contributed by atoms with van der Waals surface area (Å²) >= 11 is 4.14. The monoisotopic (exact) mass is 612 g/mol. The molecule has 1 aromatic carbocycles. The van der Waals surface area contributed by atoms with Crippen LogP contribution in [0, 0.1) is 7.14 Å². The highest BCUT2D eigenvalue weighted by molar-refractivity contribution is 14.1. The Hall–Kier alpha value is 0.770. The van der Waals surface area contributed by atoms with Crippen LogP contribution in [0.1, 0.15) is 24.4 Å². The number of piperazine rings is 1. The molecule has 1 fully saturated rings. The fourth-order valence-corrected chi connectivity index (χ4v) is 4.56. The van der Waals surface area contributed by atoms with Crippen LogP contribution in [0.15, 0.2) is 12.1 Å². The smallest absolute Gasteiger partial charge is 0.389 e. The van der Waals surface area contributed by atoms with E-state index < -0.39 is 18.6 Å². The first-order valence-electron chi connectivity index (χ1n) is 6.97. The van der Waals surface area contributed by atoms with Gasteiger partial charge < -0.3 is 10.4 Å². The number of halogens is 7. The third-order valence-electron chi connectivity index (χ3n) is 3.71. The number of hydrogen-bond donors (Lipinski definition) is 2. The van der Waals surface area contributed by atoms with E-state index in [9.17, 15) is 18.3 Å². The Morgan fingerprint density at radius 3 is 2.29 bits per heavy atom. The molecule has 0 bridgehead atoms. The van der Waals surface area contributed by atoms with Crippen LogP contribution >= 0.6 is 70.0 Å². The minimum Gasteiger partial charge on any atom is -0.506 e. The van der Waals surface area contributed by atoms with Crippen molar-refractivity contribution in [3.05, 3.63) is 24.8 Å². The Morgan fingerprint density at radius 1 is 1.17 bits per heavy atom. The summed E-state index contributed by atoms with van der Waals surface area (Å²) in [6.07, 6.45) is -5.06. The van der Waals surface area contributed by atoms with Gasteiger partial charge in [0, 0.05) is 47.8 Å². The molecule has 0 aliphatic carbocycles. The van der Waals surface area contributed by atoms with E-state index in [1.807, 2.05) is 33.6 Å². The molecule has 1 atom stereocenters. The summed E-state index contributed by atoms with van der Waals surface area (Å²) in [5.74, 6) is 0.103. The van der Waals surface area contributed by atoms with E-state index in [1.54, 1.807) is 6.07 Å². The minimum atomic E-state index is -4.18. The van der Waals surface area contributed by atoms with Crippen molar-refractivity contribution in [3.8, 4) is 5.75 Å². The normalized spacial score (nSPS) is 16.9. The summed E-state index contributed by atoms with van der Waals surface area (Å²) in [4.78, 5) is 2.03. The summed E-state index contributed by atoms with van der Waals surface area (Å²) in [5.41, 5.74) is 0.599. The number of phenolic OH excluding ortho intramolecular Hbond substituents is 1. The van der Waals surface area contributed by atoms with Gasteiger partial charge in [0.15, 0.2) is 0 Å². The van der Waals surface area contributed by atoms with Crippen molar-refractivity contribution in [2.45, 2.75) is 25.1 Å². The van der Waals surface area contributed by atoms with E-state index in [2.05, 4.69) is 27.9 Å². The molecule has 1 aliphatic heterocycles. The van der Waals surface area contributed by atoms with Crippen LogP contribution in [-0.4, -0.2) is 42.4 Å². The number of benzene rings is 1. The van der Waals surface area contributed by atoms with Gasteiger partial charge >= 0.3 is 6.18 Å². The maximum Gasteiger partial charge on any atom is 0.389 e. The highest BCUT2D eigenvalue weighted by Gasteiger charge is 2.32. The van der Waals surface area contributed by atoms with Crippen LogP contribution in [0.25, 0.3) is 0 Å². The van der Waals surface area contributed by atoms with Gasteiger partial charge in [-0.15, -0.1) is 24.8 Å². The highest BCUT2D eigenvalue weighted by atomic mass is 127. The van der Waals surface area contributed by atoms with Crippen LogP contribution in [0.4, 0.5) is 13.2 Å². The molecule has 0 saturated carbocycles. The van der Waals surface area contributed by atoms with Crippen LogP contribution < -0.4 is 5.32 Å². The molecule has 0 radical (unpaired) electrons. The standard InChI is InChI=1S/C14H17F3I2N2O.2ClH/c15-14(16,17)2-1-12(21-5-3-20-4-6-21)10-7-9(18)8-11(19)13(10)22;;/h7-8,12,20,22H,1-6H2;2*1H/t12-;;/m0../s1. The van der Waals surface area contributed by atoms with E-state index in [0.29, 0.717) is 22.2 Å². The third-order valence-corrected chi connectivity index (χ3v) is 5.16. The third kappa shape index (κ3) is 7.18. The molecule has 0 amide bonds. The Bertz CT molecular complexity index is 529. The first-order valence-corrected chi connectivity index (χ1v) is 9.13. The lowest BCUT2D eigenvalue weighted by Gasteiger charge is -2.36. The van der Waals surface area contributed by atoms with Crippen molar-refractivity contribution in [1.82, 2.24) is 10.2 Å². The molecule has 0 spiro atoms. The quantitative estimate of drug-likeness (QED) is 0.483. The van der Waals surface area contributed by atoms with Crippen LogP contribution in [0.2, 0.25) is 0 Å². The Morgan fingerprint density at radius 2 is 1.75 bits per heavy atom. The second-order valence-corrected chi connectivity index (χ2v) is 7.69. The molecule has 2 rings (SSSR count). The number of aromatic hydroxyl groups is 1. The second-order valence-electron chi connectivity index (χ2n) is 5.28. The van der Waals surface area contributed by atoms with E-state index in [4.69, 9.17) is 0 Å². The van der Waals surface area contributed by atoms with Gasteiger partial charge in [-0.2, -0.15) is 13.2 Å². The predicted molar refractivity (Wildman–Crippen MR) is 111 cm³/mol. The van der Waals surface area contributed by atoms with E-state index >= 15 is 0 Å². The molecule has 0 unspecified atom stereocenters. The van der Waals surface area contributed by atoms with E-state index in [-0.39, 0.29) is 37.0 Å². The molecule has 1 aliphatic rings. The Kier molecular flexibility index (Phi) is 11.2. The first kappa shape index (κ1) is 24.8. The minimum absolute atomic E-state index is 0. The van der Waals surface area contributed by atoms with Crippen molar-refractivity contribution >= 4 is 70.0 Å². The zero-order valence-corrected chi connectivity index (χ0v) is 18.5. The summed E-state index contributed by atoms with van der Waals surface area (Å²) in [6.45, 7) is 2.88. The summed E-state index contributed by atoms with van der Waals surface area (Å²) in [7, 11) is 0. The average molecular weight is 613 g/mol. The molecule has 1 saturated heterocycles. The van der Waals surface area contributed by atoms with Gasteiger partial charge in [-0.05, 0) is 63.7 Å². The molecule has 24 heavy (non-hydrogen) atoms. The number of alkyl halides is 3. The zero-order valence-electron chi connectivity index (χ0n) is 12.6. The SMILES string of the molecule is Cl.Cl.Oc1c(I)cc(I)cc1[C@H](CCC(F)(F)F)N1CCNCC1. The van der Waals surface area contributed by atoms with Crippen LogP contribution in [0.3, 0.4) is 0 Å². The summed E-state index contributed by atoms with van der Waals surface area (Å²) < 4.78 is 39.6. The zero-order chi connectivity index (χ0) is 16.3. The number of hydrogen-bond acceptors (Lipinski definition) is 3. The van der Waals surface area contributed by atoms with Crippen LogP contribution in [-0.2, 0) is 0 Å². The average Bonchev–Trinajstić information content (AvgIpc) is 2.44. The lowest BCUT2D eigenvalue weighted by atomic mass is 9.98. The molecular formula is C14H19Cl2F3I2N2O. The van der Waals surface area contributed by atoms with Gasteiger partial charge in [0.2, 0.25) is 0 Å². The molecule has 10 heteroatoms. The fourth-order valence-electron chi connectivity index (χ4n) is 2.67. The molecule has 3 nitrogen and oxygen atoms in total. The largest absolute Gasteiger partial charge is 0.506 e. The molecule has 2 N–H and O–H groups in total. The number of nitrogens with zero attached hydrogens (tertiary/aromatic N) is 1. The topological polar surface area (TPSA) is 35.5 Å². The maximum absolute atomic E-state index is 12.7. The van der Waals surface area contributed by atoms with Gasteiger partial charge in [0.05, 0.1) is 3.57 Å². The summed E-state index contributed by atoms with van der Waals surface area (Å²) in [6, 6.07) is 3.20. The lowest BCUT2D eigenvalue weighted by molar-refractivity contribution is -0.138. The van der Waals surface area contributed by atoms with Crippen molar-refractivity contribution in [1.29, 1.82) is 0 Å². The van der Waals surface area contributed by atoms with E-state index in [1.165, 1.54) is 0 Å². The van der Waals surface area contributed by atoms with Gasteiger partial charge in [-0.3, -0.25) is 4.90 Å². The maximum atomic E-state index is 12.7. The highest BCUT2D eigenvalue weighted by Crippen LogP contribution is 2.38. The molecule has 140 valence electrons. The second kappa shape index (κ2) is 10.8. The van der Waals surface area contributed by atoms with Gasteiger partial charge in [0.1, 0.15) is 5.75 Å². The first-order chi connectivity index (χ1) is 10.3. The molecule has 0 aromatic heterocycles. The Balaban J connectivity index is 0.00000264.